The first-order valence-corrected chi connectivity index (χ1v) is 4.92. The number of nitrogens with two attached hydrogens (primary N) is 1. The normalized spacial score (nSPS) is 18.7. The Hall–Kier alpha value is -0.680. The van der Waals surface area contributed by atoms with Crippen LogP contribution < -0.4 is 5.73 Å². The lowest BCUT2D eigenvalue weighted by molar-refractivity contribution is 0.324. The van der Waals surface area contributed by atoms with Gasteiger partial charge in [-0.25, -0.2) is 4.98 Å². The quantitative estimate of drug-likeness (QED) is 0.735. The van der Waals surface area contributed by atoms with Crippen molar-refractivity contribution in [3.63, 3.8) is 0 Å². The van der Waals surface area contributed by atoms with Crippen LogP contribution in [-0.2, 0) is 6.54 Å². The van der Waals surface area contributed by atoms with Crippen LogP contribution in [0.1, 0.15) is 18.7 Å². The van der Waals surface area contributed by atoms with Crippen LogP contribution in [0.15, 0.2) is 0 Å². The average Bonchev–Trinajstić information content (AvgIpc) is 2.63. The molecule has 4 nitrogen and oxygen atoms in total. The molecule has 1 aromatic heterocycles. The van der Waals surface area contributed by atoms with Gasteiger partial charge in [-0.1, -0.05) is 0 Å². The summed E-state index contributed by atoms with van der Waals surface area (Å²) >= 11 is 1.28. The molecule has 0 spiro atoms. The molecule has 1 aromatic rings. The second kappa shape index (κ2) is 3.37. The SMILES string of the molecule is Nc1nc(CN2CCCC2)ns1. The maximum absolute atomic E-state index is 5.48. The molecule has 5 heteroatoms. The van der Waals surface area contributed by atoms with Crippen LogP contribution in [0, 0.1) is 0 Å². The highest BCUT2D eigenvalue weighted by atomic mass is 32.1. The highest BCUT2D eigenvalue weighted by molar-refractivity contribution is 7.09. The fraction of sp³-hybridized carbons (Fsp3) is 0.714. The van der Waals surface area contributed by atoms with Gasteiger partial charge in [0.1, 0.15) is 0 Å². The summed E-state index contributed by atoms with van der Waals surface area (Å²) in [6, 6.07) is 0. The van der Waals surface area contributed by atoms with Crippen LogP contribution in [0.4, 0.5) is 5.13 Å². The molecule has 0 radical (unpaired) electrons. The predicted octanol–water partition coefficient (Wildman–Crippen LogP) is 0.716. The minimum absolute atomic E-state index is 0.573. The Morgan fingerprint density at radius 2 is 2.17 bits per heavy atom. The Bertz CT molecular complexity index is 254. The second-order valence-electron chi connectivity index (χ2n) is 3.03. The summed E-state index contributed by atoms with van der Waals surface area (Å²) in [4.78, 5) is 6.48. The van der Waals surface area contributed by atoms with Crippen molar-refractivity contribution in [2.24, 2.45) is 0 Å². The first-order valence-electron chi connectivity index (χ1n) is 4.15. The zero-order chi connectivity index (χ0) is 8.39. The fourth-order valence-corrected chi connectivity index (χ4v) is 1.92. The highest BCUT2D eigenvalue weighted by Crippen LogP contribution is 2.12. The third kappa shape index (κ3) is 1.73. The largest absolute Gasteiger partial charge is 0.374 e. The summed E-state index contributed by atoms with van der Waals surface area (Å²) < 4.78 is 4.14. The van der Waals surface area contributed by atoms with E-state index in [0.717, 1.165) is 12.4 Å². The summed E-state index contributed by atoms with van der Waals surface area (Å²) in [5.74, 6) is 0.874. The van der Waals surface area contributed by atoms with E-state index in [1.807, 2.05) is 0 Å². The molecule has 0 atom stereocenters. The zero-order valence-corrected chi connectivity index (χ0v) is 7.68. The third-order valence-electron chi connectivity index (χ3n) is 2.05. The third-order valence-corrected chi connectivity index (χ3v) is 2.63. The van der Waals surface area contributed by atoms with Crippen LogP contribution in [0.5, 0.6) is 0 Å². The summed E-state index contributed by atoms with van der Waals surface area (Å²) in [5.41, 5.74) is 5.48. The van der Waals surface area contributed by atoms with Crippen molar-refractivity contribution in [2.75, 3.05) is 18.8 Å². The molecule has 66 valence electrons. The van der Waals surface area contributed by atoms with Gasteiger partial charge in [-0.2, -0.15) is 4.37 Å². The van der Waals surface area contributed by atoms with Crippen molar-refractivity contribution >= 4 is 16.7 Å². The number of nitrogen functional groups attached to an aromatic ring is 1. The molecule has 12 heavy (non-hydrogen) atoms. The standard InChI is InChI=1S/C7H12N4S/c8-7-9-6(10-12-7)5-11-3-1-2-4-11/h1-5H2,(H2,8,9,10). The Labute approximate surface area is 75.6 Å². The number of hydrogen-bond donors (Lipinski definition) is 1. The molecular weight excluding hydrogens is 172 g/mol. The molecule has 0 unspecified atom stereocenters. The van der Waals surface area contributed by atoms with E-state index in [1.165, 1.54) is 37.5 Å². The predicted molar refractivity (Wildman–Crippen MR) is 48.8 cm³/mol. The van der Waals surface area contributed by atoms with E-state index < -0.39 is 0 Å². The fourth-order valence-electron chi connectivity index (χ4n) is 1.47. The number of nitrogens with zero attached hydrogens (tertiary/aromatic N) is 3. The first-order chi connectivity index (χ1) is 5.84. The summed E-state index contributed by atoms with van der Waals surface area (Å²) in [7, 11) is 0. The van der Waals surface area contributed by atoms with Crippen LogP contribution in [0.3, 0.4) is 0 Å². The van der Waals surface area contributed by atoms with E-state index in [-0.39, 0.29) is 0 Å². The molecule has 0 aromatic carbocycles. The van der Waals surface area contributed by atoms with Gasteiger partial charge in [-0.05, 0) is 25.9 Å². The molecule has 2 N–H and O–H groups in total. The van der Waals surface area contributed by atoms with E-state index in [2.05, 4.69) is 14.3 Å². The summed E-state index contributed by atoms with van der Waals surface area (Å²) in [6.07, 6.45) is 2.61. The van der Waals surface area contributed by atoms with E-state index in [1.54, 1.807) is 0 Å². The van der Waals surface area contributed by atoms with Crippen molar-refractivity contribution in [1.82, 2.24) is 14.3 Å². The van der Waals surface area contributed by atoms with Crippen molar-refractivity contribution in [1.29, 1.82) is 0 Å². The molecule has 0 amide bonds. The number of rotatable bonds is 2. The maximum Gasteiger partial charge on any atom is 0.199 e. The lowest BCUT2D eigenvalue weighted by Crippen LogP contribution is -2.19. The minimum atomic E-state index is 0.573. The molecule has 1 aliphatic heterocycles. The summed E-state index contributed by atoms with van der Waals surface area (Å²) in [5, 5.41) is 0.573. The molecule has 0 bridgehead atoms. The second-order valence-corrected chi connectivity index (χ2v) is 3.82. The Morgan fingerprint density at radius 1 is 1.42 bits per heavy atom. The van der Waals surface area contributed by atoms with E-state index >= 15 is 0 Å². The van der Waals surface area contributed by atoms with Gasteiger partial charge in [-0.3, -0.25) is 4.90 Å². The van der Waals surface area contributed by atoms with Crippen LogP contribution in [0.2, 0.25) is 0 Å². The van der Waals surface area contributed by atoms with Gasteiger partial charge in [0.15, 0.2) is 11.0 Å². The molecule has 1 fully saturated rings. The van der Waals surface area contributed by atoms with Crippen LogP contribution >= 0.6 is 11.5 Å². The number of hydrogen-bond acceptors (Lipinski definition) is 5. The number of anilines is 1. The Kier molecular flexibility index (Phi) is 2.23. The lowest BCUT2D eigenvalue weighted by Gasteiger charge is -2.10. The van der Waals surface area contributed by atoms with Crippen molar-refractivity contribution in [3.05, 3.63) is 5.82 Å². The number of aromatic nitrogens is 2. The van der Waals surface area contributed by atoms with Gasteiger partial charge in [0, 0.05) is 11.5 Å². The van der Waals surface area contributed by atoms with E-state index in [4.69, 9.17) is 5.73 Å². The van der Waals surface area contributed by atoms with Gasteiger partial charge < -0.3 is 5.73 Å². The first kappa shape index (κ1) is 7.94. The van der Waals surface area contributed by atoms with Crippen molar-refractivity contribution < 1.29 is 0 Å². The lowest BCUT2D eigenvalue weighted by atomic mass is 10.4. The highest BCUT2D eigenvalue weighted by Gasteiger charge is 2.13. The van der Waals surface area contributed by atoms with Gasteiger partial charge >= 0.3 is 0 Å². The van der Waals surface area contributed by atoms with Gasteiger partial charge in [-0.15, -0.1) is 0 Å². The van der Waals surface area contributed by atoms with Gasteiger partial charge in [0.05, 0.1) is 6.54 Å². The smallest absolute Gasteiger partial charge is 0.199 e. The molecule has 2 rings (SSSR count). The minimum Gasteiger partial charge on any atom is -0.374 e. The van der Waals surface area contributed by atoms with Gasteiger partial charge in [0.2, 0.25) is 0 Å². The molecule has 0 saturated carbocycles. The van der Waals surface area contributed by atoms with E-state index in [9.17, 15) is 0 Å². The Balaban J connectivity index is 1.94. The topological polar surface area (TPSA) is 55.0 Å². The van der Waals surface area contributed by atoms with Crippen LogP contribution in [-0.4, -0.2) is 27.3 Å². The molecule has 0 aliphatic carbocycles. The van der Waals surface area contributed by atoms with Crippen LogP contribution in [0.25, 0.3) is 0 Å². The molecule has 1 saturated heterocycles. The molecular formula is C7H12N4S. The summed E-state index contributed by atoms with van der Waals surface area (Å²) in [6.45, 7) is 3.23. The van der Waals surface area contributed by atoms with E-state index in [0.29, 0.717) is 5.13 Å². The number of likely N-dealkylation sites (tertiary alicyclic amines) is 1. The average molecular weight is 184 g/mol. The maximum atomic E-state index is 5.48. The van der Waals surface area contributed by atoms with Crippen molar-refractivity contribution in [3.8, 4) is 0 Å². The zero-order valence-electron chi connectivity index (χ0n) is 6.86. The van der Waals surface area contributed by atoms with Gasteiger partial charge in [0.25, 0.3) is 0 Å². The molecule has 1 aliphatic rings. The van der Waals surface area contributed by atoms with Crippen molar-refractivity contribution in [2.45, 2.75) is 19.4 Å². The monoisotopic (exact) mass is 184 g/mol. The Morgan fingerprint density at radius 3 is 2.75 bits per heavy atom. The molecule has 2 heterocycles.